The summed E-state index contributed by atoms with van der Waals surface area (Å²) in [7, 11) is 1.94. The molecule has 0 radical (unpaired) electrons. The third-order valence-electron chi connectivity index (χ3n) is 2.46. The van der Waals surface area contributed by atoms with Gasteiger partial charge in [0, 0.05) is 18.8 Å². The molecule has 1 aliphatic rings. The molecule has 1 aromatic rings. The van der Waals surface area contributed by atoms with Crippen molar-refractivity contribution >= 4 is 0 Å². The Morgan fingerprint density at radius 3 is 3.08 bits per heavy atom. The minimum atomic E-state index is 0.725. The van der Waals surface area contributed by atoms with Crippen LogP contribution in [0.15, 0.2) is 12.5 Å². The first kappa shape index (κ1) is 7.80. The predicted molar refractivity (Wildman–Crippen MR) is 47.8 cm³/mol. The lowest BCUT2D eigenvalue weighted by molar-refractivity contribution is 0.683. The van der Waals surface area contributed by atoms with Crippen LogP contribution >= 0.6 is 0 Å². The number of hydrogen-bond acceptors (Lipinski definition) is 2. The molecule has 1 heterocycles. The Morgan fingerprint density at radius 1 is 1.75 bits per heavy atom. The van der Waals surface area contributed by atoms with Crippen LogP contribution in [0.25, 0.3) is 0 Å². The van der Waals surface area contributed by atoms with E-state index in [0.29, 0.717) is 0 Å². The number of aromatic nitrogens is 2. The predicted octanol–water partition coefficient (Wildman–Crippen LogP) is 1.18. The Hall–Kier alpha value is -0.830. The lowest BCUT2D eigenvalue weighted by atomic mass is 10.4. The zero-order valence-electron chi connectivity index (χ0n) is 7.62. The van der Waals surface area contributed by atoms with Gasteiger partial charge in [-0.2, -0.15) is 0 Å². The molecule has 66 valence electrons. The van der Waals surface area contributed by atoms with E-state index in [9.17, 15) is 0 Å². The summed E-state index contributed by atoms with van der Waals surface area (Å²) in [6, 6.07) is 0.725. The fourth-order valence-electron chi connectivity index (χ4n) is 1.55. The summed E-state index contributed by atoms with van der Waals surface area (Å²) in [6.07, 6.45) is 5.40. The van der Waals surface area contributed by atoms with Gasteiger partial charge in [-0.3, -0.25) is 0 Å². The lowest BCUT2D eigenvalue weighted by Crippen LogP contribution is -2.04. The van der Waals surface area contributed by atoms with E-state index in [1.807, 2.05) is 13.4 Å². The normalized spacial score (nSPS) is 27.5. The first-order chi connectivity index (χ1) is 5.81. The molecule has 1 aliphatic carbocycles. The Bertz CT molecular complexity index is 266. The van der Waals surface area contributed by atoms with Gasteiger partial charge in [0.05, 0.1) is 12.0 Å². The molecular formula is C9H15N3. The largest absolute Gasteiger partial charge is 0.334 e. The molecule has 3 heteroatoms. The summed E-state index contributed by atoms with van der Waals surface area (Å²) < 4.78 is 2.23. The van der Waals surface area contributed by atoms with Gasteiger partial charge in [-0.15, -0.1) is 0 Å². The molecule has 3 nitrogen and oxygen atoms in total. The van der Waals surface area contributed by atoms with Crippen LogP contribution in [0, 0.1) is 5.92 Å². The highest BCUT2D eigenvalue weighted by Gasteiger charge is 2.33. The van der Waals surface area contributed by atoms with E-state index in [1.165, 1.54) is 6.42 Å². The number of rotatable bonds is 3. The summed E-state index contributed by atoms with van der Waals surface area (Å²) in [5.41, 5.74) is 1.14. The maximum absolute atomic E-state index is 4.30. The van der Waals surface area contributed by atoms with Crippen molar-refractivity contribution in [2.45, 2.75) is 25.9 Å². The van der Waals surface area contributed by atoms with Crippen LogP contribution in [-0.2, 0) is 6.54 Å². The monoisotopic (exact) mass is 165 g/mol. The Balaban J connectivity index is 2.04. The van der Waals surface area contributed by atoms with Crippen molar-refractivity contribution in [1.29, 1.82) is 0 Å². The molecule has 1 fully saturated rings. The van der Waals surface area contributed by atoms with E-state index < -0.39 is 0 Å². The Labute approximate surface area is 72.8 Å². The number of nitrogens with one attached hydrogen (secondary N) is 1. The van der Waals surface area contributed by atoms with Gasteiger partial charge in [0.25, 0.3) is 0 Å². The zero-order valence-corrected chi connectivity index (χ0v) is 7.62. The Kier molecular flexibility index (Phi) is 1.89. The van der Waals surface area contributed by atoms with Gasteiger partial charge in [0.15, 0.2) is 0 Å². The fourth-order valence-corrected chi connectivity index (χ4v) is 1.55. The molecule has 0 saturated heterocycles. The molecule has 2 unspecified atom stereocenters. The van der Waals surface area contributed by atoms with Crippen LogP contribution in [0.1, 0.15) is 25.1 Å². The summed E-state index contributed by atoms with van der Waals surface area (Å²) in [5, 5.41) is 3.09. The van der Waals surface area contributed by atoms with Crippen molar-refractivity contribution in [3.05, 3.63) is 18.2 Å². The number of imidazole rings is 1. The first-order valence-corrected chi connectivity index (χ1v) is 4.48. The van der Waals surface area contributed by atoms with Crippen molar-refractivity contribution in [1.82, 2.24) is 14.9 Å². The van der Waals surface area contributed by atoms with Crippen molar-refractivity contribution in [3.8, 4) is 0 Å². The maximum atomic E-state index is 4.30. The SMILES string of the molecule is CNCc1cn(C2CC2C)cn1. The van der Waals surface area contributed by atoms with E-state index in [1.54, 1.807) is 0 Å². The molecule has 2 atom stereocenters. The number of nitrogens with zero attached hydrogens (tertiary/aromatic N) is 2. The maximum Gasteiger partial charge on any atom is 0.0952 e. The average Bonchev–Trinajstić information content (AvgIpc) is 2.62. The van der Waals surface area contributed by atoms with Crippen LogP contribution in [0.4, 0.5) is 0 Å². The molecule has 0 aromatic carbocycles. The smallest absolute Gasteiger partial charge is 0.0952 e. The van der Waals surface area contributed by atoms with E-state index >= 15 is 0 Å². The van der Waals surface area contributed by atoms with Crippen molar-refractivity contribution in [2.24, 2.45) is 5.92 Å². The standard InChI is InChI=1S/C9H15N3/c1-7-3-9(7)12-5-8(4-10-2)11-6-12/h5-7,9-10H,3-4H2,1-2H3. The van der Waals surface area contributed by atoms with Gasteiger partial charge in [-0.25, -0.2) is 4.98 Å². The second-order valence-corrected chi connectivity index (χ2v) is 3.62. The van der Waals surface area contributed by atoms with Crippen molar-refractivity contribution in [3.63, 3.8) is 0 Å². The molecule has 0 aliphatic heterocycles. The molecule has 1 N–H and O–H groups in total. The van der Waals surface area contributed by atoms with Gasteiger partial charge in [-0.1, -0.05) is 6.92 Å². The zero-order chi connectivity index (χ0) is 8.55. The van der Waals surface area contributed by atoms with E-state index in [2.05, 4.69) is 28.0 Å². The van der Waals surface area contributed by atoms with Gasteiger partial charge in [0.2, 0.25) is 0 Å². The molecule has 1 aromatic heterocycles. The number of hydrogen-bond donors (Lipinski definition) is 1. The molecule has 12 heavy (non-hydrogen) atoms. The molecule has 0 bridgehead atoms. The van der Waals surface area contributed by atoms with Gasteiger partial charge >= 0.3 is 0 Å². The molecular weight excluding hydrogens is 150 g/mol. The summed E-state index contributed by atoms with van der Waals surface area (Å²) in [4.78, 5) is 4.30. The van der Waals surface area contributed by atoms with Crippen LogP contribution in [-0.4, -0.2) is 16.6 Å². The fraction of sp³-hybridized carbons (Fsp3) is 0.667. The van der Waals surface area contributed by atoms with E-state index in [4.69, 9.17) is 0 Å². The van der Waals surface area contributed by atoms with E-state index in [0.717, 1.165) is 24.2 Å². The minimum absolute atomic E-state index is 0.725. The summed E-state index contributed by atoms with van der Waals surface area (Å²) >= 11 is 0. The average molecular weight is 165 g/mol. The van der Waals surface area contributed by atoms with Gasteiger partial charge < -0.3 is 9.88 Å². The third kappa shape index (κ3) is 1.37. The van der Waals surface area contributed by atoms with Crippen LogP contribution in [0.3, 0.4) is 0 Å². The van der Waals surface area contributed by atoms with Crippen LogP contribution in [0.5, 0.6) is 0 Å². The van der Waals surface area contributed by atoms with Crippen molar-refractivity contribution in [2.75, 3.05) is 7.05 Å². The second kappa shape index (κ2) is 2.90. The summed E-state index contributed by atoms with van der Waals surface area (Å²) in [6.45, 7) is 3.15. The summed E-state index contributed by atoms with van der Waals surface area (Å²) in [5.74, 6) is 0.849. The Morgan fingerprint density at radius 2 is 2.50 bits per heavy atom. The van der Waals surface area contributed by atoms with Gasteiger partial charge in [-0.05, 0) is 19.4 Å². The highest BCUT2D eigenvalue weighted by molar-refractivity contribution is 5.01. The second-order valence-electron chi connectivity index (χ2n) is 3.62. The van der Waals surface area contributed by atoms with Crippen molar-refractivity contribution < 1.29 is 0 Å². The molecule has 2 rings (SSSR count). The first-order valence-electron chi connectivity index (χ1n) is 4.48. The molecule has 0 amide bonds. The topological polar surface area (TPSA) is 29.9 Å². The van der Waals surface area contributed by atoms with E-state index in [-0.39, 0.29) is 0 Å². The van der Waals surface area contributed by atoms with Crippen LogP contribution < -0.4 is 5.32 Å². The van der Waals surface area contributed by atoms with Gasteiger partial charge in [0.1, 0.15) is 0 Å². The highest BCUT2D eigenvalue weighted by atomic mass is 15.1. The van der Waals surface area contributed by atoms with Crippen LogP contribution in [0.2, 0.25) is 0 Å². The molecule has 1 saturated carbocycles. The highest BCUT2D eigenvalue weighted by Crippen LogP contribution is 2.42. The third-order valence-corrected chi connectivity index (χ3v) is 2.46. The molecule has 0 spiro atoms. The lowest BCUT2D eigenvalue weighted by Gasteiger charge is -1.96. The minimum Gasteiger partial charge on any atom is -0.334 e. The quantitative estimate of drug-likeness (QED) is 0.729.